The van der Waals surface area contributed by atoms with Crippen molar-refractivity contribution in [2.45, 2.75) is 26.2 Å². The molecule has 7 nitrogen and oxygen atoms in total. The Bertz CT molecular complexity index is 1100. The molecule has 2 aromatic carbocycles. The molecule has 0 spiro atoms. The van der Waals surface area contributed by atoms with Crippen LogP contribution in [0.25, 0.3) is 10.9 Å². The summed E-state index contributed by atoms with van der Waals surface area (Å²) in [5.41, 5.74) is 2.26. The third-order valence-corrected chi connectivity index (χ3v) is 4.77. The highest BCUT2D eigenvalue weighted by Gasteiger charge is 2.11. The van der Waals surface area contributed by atoms with Crippen LogP contribution in [0, 0.1) is 0 Å². The maximum Gasteiger partial charge on any atom is 0.261 e. The molecule has 3 aromatic rings. The van der Waals surface area contributed by atoms with Crippen LogP contribution in [0.3, 0.4) is 0 Å². The number of benzene rings is 2. The molecule has 0 bridgehead atoms. The molecular weight excluding hydrogens is 368 g/mol. The minimum Gasteiger partial charge on any atom is -0.347 e. The summed E-state index contributed by atoms with van der Waals surface area (Å²) >= 11 is 0. The molecule has 0 radical (unpaired) electrons. The minimum absolute atomic E-state index is 0.110. The molecule has 2 amide bonds. The first-order valence-electron chi connectivity index (χ1n) is 9.58. The summed E-state index contributed by atoms with van der Waals surface area (Å²) in [6, 6.07) is 14.7. The summed E-state index contributed by atoms with van der Waals surface area (Å²) in [6.45, 7) is 1.90. The van der Waals surface area contributed by atoms with E-state index in [0.29, 0.717) is 23.1 Å². The highest BCUT2D eigenvalue weighted by molar-refractivity contribution is 5.95. The Morgan fingerprint density at radius 1 is 1.03 bits per heavy atom. The summed E-state index contributed by atoms with van der Waals surface area (Å²) in [5.74, 6) is -0.0213. The van der Waals surface area contributed by atoms with Crippen LogP contribution in [0.1, 0.15) is 24.7 Å². The quantitative estimate of drug-likeness (QED) is 0.645. The maximum absolute atomic E-state index is 12.4. The van der Waals surface area contributed by atoms with Crippen LogP contribution in [0.15, 0.2) is 53.3 Å². The number of hydrogen-bond donors (Lipinski definition) is 2. The fraction of sp³-hybridized carbons (Fsp3) is 0.273. The minimum atomic E-state index is -0.282. The number of hydrogen-bond acceptors (Lipinski definition) is 4. The zero-order valence-electron chi connectivity index (χ0n) is 16.6. The molecule has 7 heteroatoms. The molecule has 0 saturated carbocycles. The number of carbonyl (C=O) groups is 2. The van der Waals surface area contributed by atoms with Crippen molar-refractivity contribution in [3.05, 3.63) is 70.3 Å². The van der Waals surface area contributed by atoms with Gasteiger partial charge in [-0.1, -0.05) is 37.3 Å². The van der Waals surface area contributed by atoms with Gasteiger partial charge < -0.3 is 10.6 Å². The van der Waals surface area contributed by atoms with Crippen molar-refractivity contribution in [3.8, 4) is 0 Å². The summed E-state index contributed by atoms with van der Waals surface area (Å²) in [7, 11) is 1.65. The van der Waals surface area contributed by atoms with E-state index in [1.807, 2.05) is 37.3 Å². The Balaban J connectivity index is 1.55. The van der Waals surface area contributed by atoms with Gasteiger partial charge in [-0.05, 0) is 30.2 Å². The highest BCUT2D eigenvalue weighted by Crippen LogP contribution is 2.15. The summed E-state index contributed by atoms with van der Waals surface area (Å²) in [4.78, 5) is 41.2. The van der Waals surface area contributed by atoms with E-state index >= 15 is 0 Å². The Labute approximate surface area is 168 Å². The van der Waals surface area contributed by atoms with E-state index in [2.05, 4.69) is 15.6 Å². The first-order valence-corrected chi connectivity index (χ1v) is 9.58. The van der Waals surface area contributed by atoms with E-state index < -0.39 is 0 Å². The van der Waals surface area contributed by atoms with E-state index in [4.69, 9.17) is 0 Å². The average molecular weight is 392 g/mol. The van der Waals surface area contributed by atoms with Crippen molar-refractivity contribution in [3.63, 3.8) is 0 Å². The normalized spacial score (nSPS) is 10.7. The number of aromatic nitrogens is 2. The number of carbonyl (C=O) groups excluding carboxylic acids is 2. The van der Waals surface area contributed by atoms with Crippen LogP contribution in [0.4, 0.5) is 5.69 Å². The molecule has 0 aliphatic heterocycles. The summed E-state index contributed by atoms with van der Waals surface area (Å²) in [6.07, 6.45) is 1.25. The Morgan fingerprint density at radius 3 is 2.55 bits per heavy atom. The molecule has 29 heavy (non-hydrogen) atoms. The van der Waals surface area contributed by atoms with E-state index in [9.17, 15) is 14.4 Å². The molecule has 0 saturated heterocycles. The molecule has 0 aliphatic carbocycles. The number of para-hydroxylation sites is 2. The lowest BCUT2D eigenvalue weighted by atomic mass is 10.1. The van der Waals surface area contributed by atoms with Gasteiger partial charge in [0.25, 0.3) is 5.56 Å². The maximum atomic E-state index is 12.4. The van der Waals surface area contributed by atoms with Crippen LogP contribution in [-0.2, 0) is 29.5 Å². The van der Waals surface area contributed by atoms with Gasteiger partial charge in [-0.15, -0.1) is 0 Å². The smallest absolute Gasteiger partial charge is 0.261 e. The van der Waals surface area contributed by atoms with Crippen LogP contribution < -0.4 is 16.2 Å². The van der Waals surface area contributed by atoms with Crippen LogP contribution in [0.5, 0.6) is 0 Å². The van der Waals surface area contributed by atoms with E-state index in [1.165, 1.54) is 4.57 Å². The second kappa shape index (κ2) is 9.14. The second-order valence-corrected chi connectivity index (χ2v) is 6.74. The number of fused-ring (bicyclic) bond motifs is 1. The monoisotopic (exact) mass is 392 g/mol. The van der Waals surface area contributed by atoms with E-state index in [0.717, 1.165) is 17.7 Å². The van der Waals surface area contributed by atoms with Crippen molar-refractivity contribution < 1.29 is 9.59 Å². The summed E-state index contributed by atoms with van der Waals surface area (Å²) < 4.78 is 1.46. The molecule has 1 aromatic heterocycles. The molecule has 1 heterocycles. The van der Waals surface area contributed by atoms with Crippen molar-refractivity contribution in [1.82, 2.24) is 14.9 Å². The highest BCUT2D eigenvalue weighted by atomic mass is 16.2. The second-order valence-electron chi connectivity index (χ2n) is 6.74. The van der Waals surface area contributed by atoms with Gasteiger partial charge in [0.05, 0.1) is 17.4 Å². The predicted molar refractivity (Wildman–Crippen MR) is 113 cm³/mol. The van der Waals surface area contributed by atoms with Crippen molar-refractivity contribution in [2.24, 2.45) is 7.05 Å². The fourth-order valence-electron chi connectivity index (χ4n) is 3.13. The fourth-order valence-corrected chi connectivity index (χ4v) is 3.13. The third kappa shape index (κ3) is 4.87. The third-order valence-electron chi connectivity index (χ3n) is 4.77. The Morgan fingerprint density at radius 2 is 1.76 bits per heavy atom. The van der Waals surface area contributed by atoms with E-state index in [1.54, 1.807) is 25.2 Å². The van der Waals surface area contributed by atoms with Crippen LogP contribution in [-0.4, -0.2) is 27.9 Å². The van der Waals surface area contributed by atoms with Gasteiger partial charge in [-0.2, -0.15) is 0 Å². The largest absolute Gasteiger partial charge is 0.347 e. The number of anilines is 1. The van der Waals surface area contributed by atoms with Gasteiger partial charge in [0.15, 0.2) is 0 Å². The first-order chi connectivity index (χ1) is 14.0. The number of nitrogens with one attached hydrogen (secondary N) is 2. The van der Waals surface area contributed by atoms with Gasteiger partial charge in [0.2, 0.25) is 11.8 Å². The standard InChI is InChI=1S/C22H24N4O3/c1-3-15-8-4-6-10-17(15)25-21(28)14-23-20(27)13-12-19-24-18-11-7-5-9-16(18)22(29)26(19)2/h4-11H,3,12-14H2,1-2H3,(H,23,27)(H,25,28). The molecule has 0 unspecified atom stereocenters. The first kappa shape index (κ1) is 20.3. The summed E-state index contributed by atoms with van der Waals surface area (Å²) in [5, 5.41) is 5.98. The van der Waals surface area contributed by atoms with E-state index in [-0.39, 0.29) is 30.3 Å². The molecule has 0 aliphatic rings. The molecule has 0 atom stereocenters. The predicted octanol–water partition coefficient (Wildman–Crippen LogP) is 2.18. The van der Waals surface area contributed by atoms with Gasteiger partial charge >= 0.3 is 0 Å². The van der Waals surface area contributed by atoms with Crippen LogP contribution in [0.2, 0.25) is 0 Å². The lowest BCUT2D eigenvalue weighted by molar-refractivity contribution is -0.124. The molecule has 0 fully saturated rings. The zero-order chi connectivity index (χ0) is 20.8. The topological polar surface area (TPSA) is 93.1 Å². The average Bonchev–Trinajstić information content (AvgIpc) is 2.74. The molecule has 3 rings (SSSR count). The van der Waals surface area contributed by atoms with Gasteiger partial charge in [-0.3, -0.25) is 19.0 Å². The van der Waals surface area contributed by atoms with Crippen molar-refractivity contribution >= 4 is 28.4 Å². The number of amides is 2. The molecule has 2 N–H and O–H groups in total. The van der Waals surface area contributed by atoms with Crippen LogP contribution >= 0.6 is 0 Å². The van der Waals surface area contributed by atoms with Gasteiger partial charge in [0.1, 0.15) is 5.82 Å². The number of rotatable bonds is 7. The lowest BCUT2D eigenvalue weighted by Gasteiger charge is -2.11. The SMILES string of the molecule is CCc1ccccc1NC(=O)CNC(=O)CCc1nc2ccccc2c(=O)n1C. The molecule has 150 valence electrons. The van der Waals surface area contributed by atoms with Crippen molar-refractivity contribution in [1.29, 1.82) is 0 Å². The van der Waals surface area contributed by atoms with Gasteiger partial charge in [-0.25, -0.2) is 4.98 Å². The van der Waals surface area contributed by atoms with Gasteiger partial charge in [0, 0.05) is 25.6 Å². The lowest BCUT2D eigenvalue weighted by Crippen LogP contribution is -2.33. The number of aryl methyl sites for hydroxylation is 2. The Kier molecular flexibility index (Phi) is 6.39. The number of nitrogens with zero attached hydrogens (tertiary/aromatic N) is 2. The molecular formula is C22H24N4O3. The zero-order valence-corrected chi connectivity index (χ0v) is 16.6. The van der Waals surface area contributed by atoms with Crippen molar-refractivity contribution in [2.75, 3.05) is 11.9 Å². The Hall–Kier alpha value is -3.48.